The van der Waals surface area contributed by atoms with Crippen LogP contribution in [0.1, 0.15) is 72.6 Å². The van der Waals surface area contributed by atoms with Gasteiger partial charge in [-0.3, -0.25) is 9.59 Å². The molecule has 0 atom stereocenters. The van der Waals surface area contributed by atoms with E-state index >= 15 is 0 Å². The average molecular weight is 354 g/mol. The van der Waals surface area contributed by atoms with Gasteiger partial charge in [-0.1, -0.05) is 24.6 Å². The summed E-state index contributed by atoms with van der Waals surface area (Å²) in [5, 5.41) is 2.99. The molecule has 3 rings (SSSR count). The molecule has 1 saturated heterocycles. The minimum atomic E-state index is -0.0941. The Bertz CT molecular complexity index is 672. The standard InChI is InChI=1S/C22H30N2O2/c1-17-11-14-24(15-12-17)22(26)20-9-5-8-19(16-20)21(25)23-13-10-18-6-3-2-4-7-18/h5-6,8-9,16-17H,2-4,7,10-15H2,1H3,(H,23,25). The number of nitrogens with one attached hydrogen (secondary N) is 1. The molecule has 0 unspecified atom stereocenters. The van der Waals surface area contributed by atoms with Crippen molar-refractivity contribution in [1.82, 2.24) is 10.2 Å². The van der Waals surface area contributed by atoms with Crippen molar-refractivity contribution < 1.29 is 9.59 Å². The van der Waals surface area contributed by atoms with Crippen LogP contribution in [0.15, 0.2) is 35.9 Å². The van der Waals surface area contributed by atoms with E-state index in [9.17, 15) is 9.59 Å². The fraction of sp³-hybridized carbons (Fsp3) is 0.545. The van der Waals surface area contributed by atoms with Crippen LogP contribution in [0.3, 0.4) is 0 Å². The second-order valence-corrected chi connectivity index (χ2v) is 7.67. The highest BCUT2D eigenvalue weighted by Crippen LogP contribution is 2.20. The van der Waals surface area contributed by atoms with E-state index in [-0.39, 0.29) is 11.8 Å². The summed E-state index contributed by atoms with van der Waals surface area (Å²) in [6.07, 6.45) is 10.2. The van der Waals surface area contributed by atoms with E-state index in [1.54, 1.807) is 18.2 Å². The third-order valence-electron chi connectivity index (χ3n) is 5.56. The van der Waals surface area contributed by atoms with E-state index in [1.807, 2.05) is 11.0 Å². The molecule has 1 aliphatic carbocycles. The Balaban J connectivity index is 1.55. The molecule has 0 radical (unpaired) electrons. The monoisotopic (exact) mass is 354 g/mol. The lowest BCUT2D eigenvalue weighted by Gasteiger charge is -2.30. The van der Waals surface area contributed by atoms with Gasteiger partial charge in [-0.15, -0.1) is 0 Å². The van der Waals surface area contributed by atoms with Gasteiger partial charge in [-0.05, 0) is 69.1 Å². The average Bonchev–Trinajstić information content (AvgIpc) is 2.69. The molecule has 0 aromatic heterocycles. The van der Waals surface area contributed by atoms with Crippen LogP contribution >= 0.6 is 0 Å². The second kappa shape index (κ2) is 9.02. The van der Waals surface area contributed by atoms with Crippen LogP contribution < -0.4 is 5.32 Å². The zero-order chi connectivity index (χ0) is 18.4. The van der Waals surface area contributed by atoms with Gasteiger partial charge in [0.25, 0.3) is 11.8 Å². The molecule has 140 valence electrons. The summed E-state index contributed by atoms with van der Waals surface area (Å²) in [6, 6.07) is 7.13. The Morgan fingerprint density at radius 3 is 2.65 bits per heavy atom. The molecule has 1 heterocycles. The van der Waals surface area contributed by atoms with Crippen molar-refractivity contribution >= 4 is 11.8 Å². The molecule has 2 aliphatic rings. The maximum absolute atomic E-state index is 12.7. The molecule has 1 N–H and O–H groups in total. The number of hydrogen-bond acceptors (Lipinski definition) is 2. The van der Waals surface area contributed by atoms with Crippen molar-refractivity contribution in [2.24, 2.45) is 5.92 Å². The number of carbonyl (C=O) groups is 2. The van der Waals surface area contributed by atoms with Crippen molar-refractivity contribution in [1.29, 1.82) is 0 Å². The van der Waals surface area contributed by atoms with Gasteiger partial charge in [0.05, 0.1) is 0 Å². The number of carbonyl (C=O) groups excluding carboxylic acids is 2. The highest BCUT2D eigenvalue weighted by molar-refractivity contribution is 5.99. The molecular weight excluding hydrogens is 324 g/mol. The Hall–Kier alpha value is -2.10. The van der Waals surface area contributed by atoms with Crippen LogP contribution in [0.2, 0.25) is 0 Å². The molecule has 4 heteroatoms. The van der Waals surface area contributed by atoms with E-state index in [2.05, 4.69) is 18.3 Å². The van der Waals surface area contributed by atoms with Gasteiger partial charge in [-0.25, -0.2) is 0 Å². The number of rotatable bonds is 5. The normalized spacial score (nSPS) is 18.3. The molecule has 26 heavy (non-hydrogen) atoms. The van der Waals surface area contributed by atoms with E-state index in [4.69, 9.17) is 0 Å². The van der Waals surface area contributed by atoms with Gasteiger partial charge >= 0.3 is 0 Å². The van der Waals surface area contributed by atoms with Gasteiger partial charge in [0.2, 0.25) is 0 Å². The summed E-state index contributed by atoms with van der Waals surface area (Å²) >= 11 is 0. The number of amides is 2. The third kappa shape index (κ3) is 4.96. The van der Waals surface area contributed by atoms with Crippen molar-refractivity contribution in [3.8, 4) is 0 Å². The Morgan fingerprint density at radius 1 is 1.15 bits per heavy atom. The van der Waals surface area contributed by atoms with Crippen LogP contribution in [0.5, 0.6) is 0 Å². The number of allylic oxidation sites excluding steroid dienone is 1. The SMILES string of the molecule is CC1CCN(C(=O)c2cccc(C(=O)NCCC3=CCCCC3)c2)CC1. The highest BCUT2D eigenvalue weighted by atomic mass is 16.2. The quantitative estimate of drug-likeness (QED) is 0.807. The van der Waals surface area contributed by atoms with Gasteiger partial charge in [0.1, 0.15) is 0 Å². The van der Waals surface area contributed by atoms with Crippen LogP contribution in [-0.2, 0) is 0 Å². The first kappa shape index (κ1) is 18.7. The maximum atomic E-state index is 12.7. The largest absolute Gasteiger partial charge is 0.352 e. The lowest BCUT2D eigenvalue weighted by atomic mass is 9.97. The summed E-state index contributed by atoms with van der Waals surface area (Å²) in [5.41, 5.74) is 2.64. The molecule has 1 aliphatic heterocycles. The van der Waals surface area contributed by atoms with Crippen LogP contribution in [0.4, 0.5) is 0 Å². The van der Waals surface area contributed by atoms with Crippen molar-refractivity contribution in [2.75, 3.05) is 19.6 Å². The summed E-state index contributed by atoms with van der Waals surface area (Å²) in [7, 11) is 0. The van der Waals surface area contributed by atoms with Crippen LogP contribution in [-0.4, -0.2) is 36.3 Å². The van der Waals surface area contributed by atoms with Gasteiger partial charge in [0, 0.05) is 30.8 Å². The third-order valence-corrected chi connectivity index (χ3v) is 5.56. The zero-order valence-corrected chi connectivity index (χ0v) is 15.8. The van der Waals surface area contributed by atoms with Gasteiger partial charge < -0.3 is 10.2 Å². The van der Waals surface area contributed by atoms with Crippen LogP contribution in [0, 0.1) is 5.92 Å². The fourth-order valence-electron chi connectivity index (χ4n) is 3.76. The highest BCUT2D eigenvalue weighted by Gasteiger charge is 2.22. The second-order valence-electron chi connectivity index (χ2n) is 7.67. The predicted molar refractivity (Wildman–Crippen MR) is 104 cm³/mol. The molecule has 1 fully saturated rings. The zero-order valence-electron chi connectivity index (χ0n) is 15.8. The van der Waals surface area contributed by atoms with E-state index in [1.165, 1.54) is 24.8 Å². The summed E-state index contributed by atoms with van der Waals surface area (Å²) in [4.78, 5) is 27.0. The van der Waals surface area contributed by atoms with Crippen molar-refractivity contribution in [3.05, 3.63) is 47.0 Å². The molecule has 4 nitrogen and oxygen atoms in total. The molecular formula is C22H30N2O2. The van der Waals surface area contributed by atoms with Gasteiger partial charge in [0.15, 0.2) is 0 Å². The Kier molecular flexibility index (Phi) is 6.48. The number of nitrogens with zero attached hydrogens (tertiary/aromatic N) is 1. The first-order chi connectivity index (χ1) is 12.6. The Morgan fingerprint density at radius 2 is 1.92 bits per heavy atom. The van der Waals surface area contributed by atoms with E-state index in [0.717, 1.165) is 38.8 Å². The lowest BCUT2D eigenvalue weighted by molar-refractivity contribution is 0.0697. The fourth-order valence-corrected chi connectivity index (χ4v) is 3.76. The van der Waals surface area contributed by atoms with Crippen LogP contribution in [0.25, 0.3) is 0 Å². The number of benzene rings is 1. The molecule has 1 aromatic carbocycles. The summed E-state index contributed by atoms with van der Waals surface area (Å²) in [6.45, 7) is 4.51. The number of hydrogen-bond donors (Lipinski definition) is 1. The number of piperidine rings is 1. The Labute approximate surface area is 156 Å². The lowest BCUT2D eigenvalue weighted by Crippen LogP contribution is -2.38. The summed E-state index contributed by atoms with van der Waals surface area (Å²) < 4.78 is 0. The molecule has 1 aromatic rings. The smallest absolute Gasteiger partial charge is 0.253 e. The first-order valence-electron chi connectivity index (χ1n) is 9.99. The molecule has 0 spiro atoms. The van der Waals surface area contributed by atoms with E-state index < -0.39 is 0 Å². The number of likely N-dealkylation sites (tertiary alicyclic amines) is 1. The molecule has 0 saturated carbocycles. The topological polar surface area (TPSA) is 49.4 Å². The predicted octanol–water partition coefficient (Wildman–Crippen LogP) is 4.18. The summed E-state index contributed by atoms with van der Waals surface area (Å²) in [5.74, 6) is 0.637. The van der Waals surface area contributed by atoms with E-state index in [0.29, 0.717) is 23.6 Å². The first-order valence-corrected chi connectivity index (χ1v) is 9.99. The van der Waals surface area contributed by atoms with Gasteiger partial charge in [-0.2, -0.15) is 0 Å². The molecule has 0 bridgehead atoms. The van der Waals surface area contributed by atoms with Crippen molar-refractivity contribution in [2.45, 2.75) is 51.9 Å². The minimum absolute atomic E-state index is 0.0407. The maximum Gasteiger partial charge on any atom is 0.253 e. The minimum Gasteiger partial charge on any atom is -0.352 e. The molecule has 2 amide bonds. The van der Waals surface area contributed by atoms with Crippen molar-refractivity contribution in [3.63, 3.8) is 0 Å².